The Hall–Kier alpha value is -4.83. The predicted octanol–water partition coefficient (Wildman–Crippen LogP) is 15.7. The zero-order chi connectivity index (χ0) is 52.0. The molecule has 0 aliphatic rings. The lowest BCUT2D eigenvalue weighted by Crippen LogP contribution is -2.40. The van der Waals surface area contributed by atoms with Crippen LogP contribution in [0.1, 0.15) is 168 Å². The fourth-order valence-corrected chi connectivity index (χ4v) is 6.49. The highest BCUT2D eigenvalue weighted by Crippen LogP contribution is 2.12. The van der Waals surface area contributed by atoms with Crippen molar-refractivity contribution in [1.29, 1.82) is 0 Å². The van der Waals surface area contributed by atoms with Crippen LogP contribution in [-0.2, 0) is 33.3 Å². The Morgan fingerprint density at radius 2 is 0.761 bits per heavy atom. The van der Waals surface area contributed by atoms with Gasteiger partial charge in [-0.15, -0.1) is 0 Å². The van der Waals surface area contributed by atoms with Gasteiger partial charge in [0.05, 0.1) is 34.4 Å². The van der Waals surface area contributed by atoms with E-state index in [0.717, 1.165) is 128 Å². The van der Waals surface area contributed by atoms with Gasteiger partial charge in [0.2, 0.25) is 0 Å². The number of ether oxygens (including phenoxy) is 4. The van der Waals surface area contributed by atoms with Gasteiger partial charge in [0.1, 0.15) is 13.2 Å². The average Bonchev–Trinajstić information content (AvgIpc) is 3.34. The quantitative estimate of drug-likeness (QED) is 0.0211. The molecule has 2 unspecified atom stereocenters. The van der Waals surface area contributed by atoms with Gasteiger partial charge in [-0.1, -0.05) is 185 Å². The Labute approximate surface area is 432 Å². The monoisotopic (exact) mass is 985 g/mol. The number of carbonyl (C=O) groups is 3. The molecule has 0 aromatic heterocycles. The van der Waals surface area contributed by atoms with Crippen LogP contribution in [0.15, 0.2) is 146 Å². The molecule has 9 heteroatoms. The Morgan fingerprint density at radius 3 is 1.15 bits per heavy atom. The average molecular weight is 985 g/mol. The highest BCUT2D eigenvalue weighted by molar-refractivity contribution is 5.71. The summed E-state index contributed by atoms with van der Waals surface area (Å²) in [6.45, 7) is 4.54. The van der Waals surface area contributed by atoms with E-state index < -0.39 is 24.3 Å². The molecule has 0 saturated carbocycles. The molecule has 0 spiro atoms. The van der Waals surface area contributed by atoms with Crippen molar-refractivity contribution in [2.75, 3.05) is 47.5 Å². The van der Waals surface area contributed by atoms with Crippen molar-refractivity contribution in [2.24, 2.45) is 0 Å². The van der Waals surface area contributed by atoms with E-state index in [1.807, 2.05) is 21.1 Å². The molecule has 9 nitrogen and oxygen atoms in total. The highest BCUT2D eigenvalue weighted by atomic mass is 16.7. The number of carboxylic acid groups (broad SMARTS) is 1. The number of likely N-dealkylation sites (N-methyl/N-ethyl adjacent to an activating group) is 1. The van der Waals surface area contributed by atoms with E-state index >= 15 is 0 Å². The number of aliphatic carboxylic acids is 1. The number of quaternary nitrogens is 1. The number of unbranched alkanes of at least 4 members (excludes halogenated alkanes) is 8. The molecule has 71 heavy (non-hydrogen) atoms. The van der Waals surface area contributed by atoms with Crippen molar-refractivity contribution in [3.05, 3.63) is 146 Å². The molecule has 2 atom stereocenters. The summed E-state index contributed by atoms with van der Waals surface area (Å²) >= 11 is 0. The molecule has 0 heterocycles. The first kappa shape index (κ1) is 66.2. The minimum Gasteiger partial charge on any atom is -0.477 e. The molecule has 0 fully saturated rings. The largest absolute Gasteiger partial charge is 0.477 e. The van der Waals surface area contributed by atoms with Gasteiger partial charge in [-0.25, -0.2) is 4.79 Å². The van der Waals surface area contributed by atoms with Crippen LogP contribution in [0.3, 0.4) is 0 Å². The first-order valence-electron chi connectivity index (χ1n) is 27.0. The summed E-state index contributed by atoms with van der Waals surface area (Å²) in [6, 6.07) is 0. The van der Waals surface area contributed by atoms with Gasteiger partial charge in [-0.2, -0.15) is 0 Å². The van der Waals surface area contributed by atoms with Crippen molar-refractivity contribution < 1.29 is 42.9 Å². The first-order chi connectivity index (χ1) is 34.6. The van der Waals surface area contributed by atoms with Gasteiger partial charge in [-0.05, 0) is 116 Å². The normalized spacial score (nSPS) is 14.0. The van der Waals surface area contributed by atoms with Gasteiger partial charge in [0, 0.05) is 12.8 Å². The number of hydrogen-bond acceptors (Lipinski definition) is 7. The summed E-state index contributed by atoms with van der Waals surface area (Å²) in [5.74, 6) is -2.11. The molecule has 0 aromatic rings. The summed E-state index contributed by atoms with van der Waals surface area (Å²) < 4.78 is 22.8. The van der Waals surface area contributed by atoms with E-state index in [1.54, 1.807) is 0 Å². The van der Waals surface area contributed by atoms with E-state index in [9.17, 15) is 19.5 Å². The fraction of sp³-hybridized carbons (Fsp3) is 0.565. The molecule has 0 radical (unpaired) electrons. The van der Waals surface area contributed by atoms with Crippen molar-refractivity contribution in [2.45, 2.75) is 180 Å². The van der Waals surface area contributed by atoms with E-state index in [4.69, 9.17) is 18.9 Å². The van der Waals surface area contributed by atoms with Crippen LogP contribution in [0.5, 0.6) is 0 Å². The molecular formula is C62H98NO8+. The molecule has 0 rings (SSSR count). The molecular weight excluding hydrogens is 887 g/mol. The number of allylic oxidation sites excluding steroid dienone is 24. The molecule has 0 amide bonds. The summed E-state index contributed by atoms with van der Waals surface area (Å²) in [7, 11) is 5.93. The zero-order valence-corrected chi connectivity index (χ0v) is 45.1. The summed E-state index contributed by atoms with van der Waals surface area (Å²) in [5, 5.41) is 9.69. The summed E-state index contributed by atoms with van der Waals surface area (Å²) in [5.41, 5.74) is 0. The lowest BCUT2D eigenvalue weighted by Gasteiger charge is -2.25. The van der Waals surface area contributed by atoms with Crippen LogP contribution in [0.25, 0.3) is 0 Å². The maximum atomic E-state index is 12.8. The Bertz CT molecular complexity index is 1670. The lowest BCUT2D eigenvalue weighted by atomic mass is 10.1. The van der Waals surface area contributed by atoms with Gasteiger partial charge in [0.25, 0.3) is 6.29 Å². The standard InChI is InChI=1S/C62H97NO8/c1-6-8-10-12-14-16-18-20-22-24-26-27-28-29-30-31-32-33-35-37-39-41-43-45-47-49-51-53-60(65)71-58(57-70-62(61(66)67)68-55-54-63(3,4)5)56-69-59(64)52-50-48-46-44-42-40-38-36-34-25-23-21-19-17-15-13-11-9-7-2/h8-11,14-17,20-23,26-27,29-30,32-34,36-37,39,43,45,58,62H,6-7,12-13,18-19,24-25,28,31,35,38,40-42,44,46-57H2,1-5H3/p+1/b10-8-,11-9-,16-14-,17-15-,22-20-,23-21-,27-26-,30-29-,33-32-,36-34-,39-37-,45-43-. The molecule has 398 valence electrons. The Morgan fingerprint density at radius 1 is 0.423 bits per heavy atom. The number of nitrogens with zero attached hydrogens (tertiary/aromatic N) is 1. The number of esters is 2. The second-order valence-electron chi connectivity index (χ2n) is 18.4. The van der Waals surface area contributed by atoms with Crippen LogP contribution < -0.4 is 0 Å². The number of carbonyl (C=O) groups excluding carboxylic acids is 2. The molecule has 1 N–H and O–H groups in total. The summed E-state index contributed by atoms with van der Waals surface area (Å²) in [6.07, 6.45) is 72.0. The first-order valence-corrected chi connectivity index (χ1v) is 27.0. The van der Waals surface area contributed by atoms with E-state index in [2.05, 4.69) is 160 Å². The van der Waals surface area contributed by atoms with Crippen LogP contribution in [0, 0.1) is 0 Å². The smallest absolute Gasteiger partial charge is 0.361 e. The highest BCUT2D eigenvalue weighted by Gasteiger charge is 2.25. The molecule has 0 bridgehead atoms. The Balaban J connectivity index is 4.47. The van der Waals surface area contributed by atoms with Gasteiger partial charge in [-0.3, -0.25) is 9.59 Å². The van der Waals surface area contributed by atoms with Crippen LogP contribution in [-0.4, -0.2) is 87.4 Å². The third kappa shape index (κ3) is 52.8. The number of carboxylic acids is 1. The second kappa shape index (κ2) is 51.5. The molecule has 0 aliphatic carbocycles. The van der Waals surface area contributed by atoms with E-state index in [-0.39, 0.29) is 38.6 Å². The molecule has 0 saturated heterocycles. The maximum absolute atomic E-state index is 12.8. The molecule has 0 aromatic carbocycles. The third-order valence-corrected chi connectivity index (χ3v) is 10.6. The fourth-order valence-electron chi connectivity index (χ4n) is 6.49. The van der Waals surface area contributed by atoms with Gasteiger partial charge < -0.3 is 28.5 Å². The van der Waals surface area contributed by atoms with Gasteiger partial charge >= 0.3 is 17.9 Å². The van der Waals surface area contributed by atoms with E-state index in [1.165, 1.54) is 0 Å². The van der Waals surface area contributed by atoms with Gasteiger partial charge in [0.15, 0.2) is 6.10 Å². The number of hydrogen-bond donors (Lipinski definition) is 1. The van der Waals surface area contributed by atoms with Crippen molar-refractivity contribution in [3.8, 4) is 0 Å². The van der Waals surface area contributed by atoms with E-state index in [0.29, 0.717) is 23.9 Å². The predicted molar refractivity (Wildman–Crippen MR) is 299 cm³/mol. The SMILES string of the molecule is CC/C=C\C/C=C\C/C=C\C/C=C\C/C=C\C/C=C\C/C=C\C/C=C\CCCCC(=O)OC(COC(=O)CCCCCCCC/C=C\C/C=C\C/C=C\C/C=C\CC)COC(OCC[N+](C)(C)C)C(=O)O. The van der Waals surface area contributed by atoms with Crippen LogP contribution in [0.2, 0.25) is 0 Å². The maximum Gasteiger partial charge on any atom is 0.361 e. The lowest BCUT2D eigenvalue weighted by molar-refractivity contribution is -0.870. The second-order valence-corrected chi connectivity index (χ2v) is 18.4. The Kier molecular flexibility index (Phi) is 48.0. The van der Waals surface area contributed by atoms with Crippen molar-refractivity contribution in [3.63, 3.8) is 0 Å². The molecule has 0 aliphatic heterocycles. The zero-order valence-electron chi connectivity index (χ0n) is 45.1. The van der Waals surface area contributed by atoms with Crippen LogP contribution in [0.4, 0.5) is 0 Å². The van der Waals surface area contributed by atoms with Crippen molar-refractivity contribution in [1.82, 2.24) is 0 Å². The minimum absolute atomic E-state index is 0.167. The summed E-state index contributed by atoms with van der Waals surface area (Å²) in [4.78, 5) is 37.3. The third-order valence-electron chi connectivity index (χ3n) is 10.6. The topological polar surface area (TPSA) is 108 Å². The van der Waals surface area contributed by atoms with Crippen molar-refractivity contribution >= 4 is 17.9 Å². The van der Waals surface area contributed by atoms with Crippen LogP contribution >= 0.6 is 0 Å². The number of rotatable bonds is 47. The minimum atomic E-state index is -1.54.